The summed E-state index contributed by atoms with van der Waals surface area (Å²) in [6.45, 7) is 2.95. The minimum Gasteiger partial charge on any atom is -0.335 e. The molecule has 4 heteroatoms. The van der Waals surface area contributed by atoms with Crippen molar-refractivity contribution >= 4 is 23.5 Å². The molecule has 0 aromatic heterocycles. The summed E-state index contributed by atoms with van der Waals surface area (Å²) in [4.78, 5) is 26.5. The maximum absolute atomic E-state index is 12.1. The average Bonchev–Trinajstić information content (AvgIpc) is 2.68. The highest BCUT2D eigenvalue weighted by atomic mass is 32.2. The minimum atomic E-state index is 0.0186. The number of carbonyl (C=O) groups excluding carboxylic acids is 2. The second kappa shape index (κ2) is 5.57. The van der Waals surface area contributed by atoms with Crippen LogP contribution < -0.4 is 0 Å². The lowest BCUT2D eigenvalue weighted by atomic mass is 10.1. The minimum absolute atomic E-state index is 0.0186. The molecule has 1 aromatic rings. The van der Waals surface area contributed by atoms with Crippen LogP contribution in [-0.2, 0) is 4.79 Å². The van der Waals surface area contributed by atoms with Crippen LogP contribution in [0.4, 0.5) is 0 Å². The molecule has 1 aliphatic heterocycles. The molecular formula is C14H17NO2S. The molecule has 2 rings (SSSR count). The summed E-state index contributed by atoms with van der Waals surface area (Å²) in [6.07, 6.45) is 2.57. The van der Waals surface area contributed by atoms with E-state index in [2.05, 4.69) is 0 Å². The number of nitrogens with zero attached hydrogens (tertiary/aromatic N) is 1. The lowest BCUT2D eigenvalue weighted by Gasteiger charge is -2.14. The fourth-order valence-electron chi connectivity index (χ4n) is 2.16. The van der Waals surface area contributed by atoms with Gasteiger partial charge in [-0.3, -0.25) is 9.59 Å². The summed E-state index contributed by atoms with van der Waals surface area (Å²) < 4.78 is 0. The van der Waals surface area contributed by atoms with E-state index in [0.29, 0.717) is 24.4 Å². The third-order valence-electron chi connectivity index (χ3n) is 3.15. The number of ketones is 1. The van der Waals surface area contributed by atoms with Gasteiger partial charge in [-0.05, 0) is 24.3 Å². The van der Waals surface area contributed by atoms with E-state index >= 15 is 0 Å². The molecule has 18 heavy (non-hydrogen) atoms. The standard InChI is InChI=1S/C14H17NO2S/c1-10-7-14(17)15(8-10)9-13(16)11-3-5-12(18-2)6-4-11/h3-6,10H,7-9H2,1-2H3. The van der Waals surface area contributed by atoms with Crippen LogP contribution in [0.5, 0.6) is 0 Å². The largest absolute Gasteiger partial charge is 0.335 e. The van der Waals surface area contributed by atoms with Crippen molar-refractivity contribution in [2.45, 2.75) is 18.2 Å². The summed E-state index contributed by atoms with van der Waals surface area (Å²) in [6, 6.07) is 7.54. The Kier molecular flexibility index (Phi) is 4.07. The van der Waals surface area contributed by atoms with Gasteiger partial charge < -0.3 is 4.90 Å². The zero-order chi connectivity index (χ0) is 13.1. The molecule has 0 spiro atoms. The summed E-state index contributed by atoms with van der Waals surface area (Å²) in [5.41, 5.74) is 0.681. The average molecular weight is 263 g/mol. The predicted molar refractivity (Wildman–Crippen MR) is 72.9 cm³/mol. The second-order valence-electron chi connectivity index (χ2n) is 4.74. The van der Waals surface area contributed by atoms with E-state index in [1.165, 1.54) is 0 Å². The van der Waals surface area contributed by atoms with Crippen molar-refractivity contribution in [3.63, 3.8) is 0 Å². The van der Waals surface area contributed by atoms with Crippen molar-refractivity contribution in [3.05, 3.63) is 29.8 Å². The zero-order valence-corrected chi connectivity index (χ0v) is 11.5. The van der Waals surface area contributed by atoms with Gasteiger partial charge in [0.15, 0.2) is 5.78 Å². The number of Topliss-reactive ketones (excluding diaryl/α,β-unsaturated/α-hetero) is 1. The van der Waals surface area contributed by atoms with E-state index in [4.69, 9.17) is 0 Å². The summed E-state index contributed by atoms with van der Waals surface area (Å²) >= 11 is 1.65. The molecule has 0 saturated carbocycles. The molecule has 1 aromatic carbocycles. The Balaban J connectivity index is 2.01. The third-order valence-corrected chi connectivity index (χ3v) is 3.90. The van der Waals surface area contributed by atoms with Gasteiger partial charge in [0.1, 0.15) is 0 Å². The number of benzene rings is 1. The third kappa shape index (κ3) is 2.93. The van der Waals surface area contributed by atoms with Gasteiger partial charge in [0.2, 0.25) is 5.91 Å². The monoisotopic (exact) mass is 263 g/mol. The van der Waals surface area contributed by atoms with Crippen molar-refractivity contribution in [2.24, 2.45) is 5.92 Å². The van der Waals surface area contributed by atoms with E-state index in [-0.39, 0.29) is 18.2 Å². The number of hydrogen-bond donors (Lipinski definition) is 0. The molecule has 0 radical (unpaired) electrons. The van der Waals surface area contributed by atoms with Crippen LogP contribution in [0.15, 0.2) is 29.2 Å². The van der Waals surface area contributed by atoms with Crippen LogP contribution in [-0.4, -0.2) is 35.9 Å². The van der Waals surface area contributed by atoms with Gasteiger partial charge in [0.25, 0.3) is 0 Å². The number of hydrogen-bond acceptors (Lipinski definition) is 3. The van der Waals surface area contributed by atoms with Gasteiger partial charge in [-0.15, -0.1) is 11.8 Å². The highest BCUT2D eigenvalue weighted by Gasteiger charge is 2.27. The topological polar surface area (TPSA) is 37.4 Å². The molecule has 1 heterocycles. The fourth-order valence-corrected chi connectivity index (χ4v) is 2.57. The van der Waals surface area contributed by atoms with Gasteiger partial charge in [-0.2, -0.15) is 0 Å². The molecule has 1 aliphatic rings. The van der Waals surface area contributed by atoms with Gasteiger partial charge in [0, 0.05) is 23.4 Å². The van der Waals surface area contributed by atoms with Gasteiger partial charge >= 0.3 is 0 Å². The number of carbonyl (C=O) groups is 2. The Hall–Kier alpha value is -1.29. The predicted octanol–water partition coefficient (Wildman–Crippen LogP) is 2.46. The lowest BCUT2D eigenvalue weighted by molar-refractivity contribution is -0.127. The first-order valence-corrected chi connectivity index (χ1v) is 7.27. The van der Waals surface area contributed by atoms with Gasteiger partial charge in [-0.25, -0.2) is 0 Å². The SMILES string of the molecule is CSc1ccc(C(=O)CN2CC(C)CC2=O)cc1. The van der Waals surface area contributed by atoms with E-state index in [9.17, 15) is 9.59 Å². The van der Waals surface area contributed by atoms with Crippen molar-refractivity contribution in [1.82, 2.24) is 4.90 Å². The first kappa shape index (κ1) is 13.1. The summed E-state index contributed by atoms with van der Waals surface area (Å²) in [5, 5.41) is 0. The zero-order valence-electron chi connectivity index (χ0n) is 10.7. The molecule has 1 fully saturated rings. The summed E-state index contributed by atoms with van der Waals surface area (Å²) in [5.74, 6) is 0.478. The van der Waals surface area contributed by atoms with Crippen LogP contribution in [0.3, 0.4) is 0 Å². The van der Waals surface area contributed by atoms with Crippen molar-refractivity contribution in [3.8, 4) is 0 Å². The van der Waals surface area contributed by atoms with E-state index < -0.39 is 0 Å². The van der Waals surface area contributed by atoms with Crippen LogP contribution in [0, 0.1) is 5.92 Å². The molecule has 0 N–H and O–H groups in total. The molecule has 96 valence electrons. The Morgan fingerprint density at radius 1 is 1.39 bits per heavy atom. The Morgan fingerprint density at radius 2 is 2.06 bits per heavy atom. The van der Waals surface area contributed by atoms with Gasteiger partial charge in [0.05, 0.1) is 6.54 Å². The Bertz CT molecular complexity index is 455. The molecule has 0 bridgehead atoms. The van der Waals surface area contributed by atoms with E-state index in [1.54, 1.807) is 16.7 Å². The maximum atomic E-state index is 12.1. The highest BCUT2D eigenvalue weighted by Crippen LogP contribution is 2.18. The number of rotatable bonds is 4. The number of thioether (sulfide) groups is 1. The molecular weight excluding hydrogens is 246 g/mol. The number of amides is 1. The second-order valence-corrected chi connectivity index (χ2v) is 5.61. The first-order valence-electron chi connectivity index (χ1n) is 6.05. The molecule has 0 aliphatic carbocycles. The van der Waals surface area contributed by atoms with Crippen molar-refractivity contribution in [1.29, 1.82) is 0 Å². The van der Waals surface area contributed by atoms with Crippen LogP contribution >= 0.6 is 11.8 Å². The Morgan fingerprint density at radius 3 is 2.56 bits per heavy atom. The fraction of sp³-hybridized carbons (Fsp3) is 0.429. The van der Waals surface area contributed by atoms with Crippen molar-refractivity contribution in [2.75, 3.05) is 19.3 Å². The van der Waals surface area contributed by atoms with Crippen LogP contribution in [0.25, 0.3) is 0 Å². The van der Waals surface area contributed by atoms with E-state index in [0.717, 1.165) is 4.90 Å². The smallest absolute Gasteiger partial charge is 0.223 e. The van der Waals surface area contributed by atoms with Crippen molar-refractivity contribution < 1.29 is 9.59 Å². The van der Waals surface area contributed by atoms with Crippen LogP contribution in [0.2, 0.25) is 0 Å². The highest BCUT2D eigenvalue weighted by molar-refractivity contribution is 7.98. The van der Waals surface area contributed by atoms with Gasteiger partial charge in [-0.1, -0.05) is 19.1 Å². The van der Waals surface area contributed by atoms with E-state index in [1.807, 2.05) is 37.4 Å². The normalized spacial score (nSPS) is 19.3. The molecule has 1 amide bonds. The quantitative estimate of drug-likeness (QED) is 0.618. The first-order chi connectivity index (χ1) is 8.60. The van der Waals surface area contributed by atoms with Crippen LogP contribution in [0.1, 0.15) is 23.7 Å². The lowest BCUT2D eigenvalue weighted by Crippen LogP contribution is -2.31. The molecule has 1 saturated heterocycles. The Labute approximate surface area is 112 Å². The molecule has 1 unspecified atom stereocenters. The summed E-state index contributed by atoms with van der Waals surface area (Å²) in [7, 11) is 0. The maximum Gasteiger partial charge on any atom is 0.223 e. The molecule has 3 nitrogen and oxygen atoms in total. The number of likely N-dealkylation sites (tertiary alicyclic amines) is 1. The molecule has 1 atom stereocenters.